The first-order valence-corrected chi connectivity index (χ1v) is 7.25. The molecule has 1 N–H and O–H groups in total. The number of hydrogen-bond donors (Lipinski definition) is 1. The van der Waals surface area contributed by atoms with Crippen LogP contribution in [0.5, 0.6) is 0 Å². The largest absolute Gasteiger partial charge is 0.348 e. The average molecular weight is 294 g/mol. The van der Waals surface area contributed by atoms with Crippen molar-refractivity contribution in [1.82, 2.24) is 19.9 Å². The lowest BCUT2D eigenvalue weighted by atomic mass is 10.0. The molecule has 1 amide bonds. The molecule has 0 aliphatic rings. The smallest absolute Gasteiger partial charge is 0.224 e. The van der Waals surface area contributed by atoms with Crippen molar-refractivity contribution in [2.24, 2.45) is 0 Å². The number of fused-ring (bicyclic) bond motifs is 1. The standard InChI is InChI=1S/C17H18N4O/c1-12-6-7-14(9-13(12)2)10-17(22)18-11-16-20-19-15-5-3-4-8-21(15)16/h3-9H,10-11H2,1-2H3,(H,18,22). The molecule has 22 heavy (non-hydrogen) atoms. The number of benzene rings is 1. The molecule has 2 heterocycles. The van der Waals surface area contributed by atoms with E-state index in [9.17, 15) is 4.79 Å². The number of carbonyl (C=O) groups is 1. The zero-order valence-corrected chi connectivity index (χ0v) is 12.7. The van der Waals surface area contributed by atoms with E-state index in [1.165, 1.54) is 11.1 Å². The summed E-state index contributed by atoms with van der Waals surface area (Å²) < 4.78 is 1.87. The molecule has 0 radical (unpaired) electrons. The predicted molar refractivity (Wildman–Crippen MR) is 84.5 cm³/mol. The third-order valence-electron chi connectivity index (χ3n) is 3.76. The van der Waals surface area contributed by atoms with E-state index in [1.807, 2.05) is 40.9 Å². The number of amides is 1. The van der Waals surface area contributed by atoms with E-state index in [0.717, 1.165) is 17.0 Å². The van der Waals surface area contributed by atoms with Crippen molar-refractivity contribution in [3.63, 3.8) is 0 Å². The van der Waals surface area contributed by atoms with E-state index in [4.69, 9.17) is 0 Å². The van der Waals surface area contributed by atoms with Crippen LogP contribution in [0.1, 0.15) is 22.5 Å². The summed E-state index contributed by atoms with van der Waals surface area (Å²) in [7, 11) is 0. The molecule has 0 bridgehead atoms. The third-order valence-corrected chi connectivity index (χ3v) is 3.76. The molecule has 0 unspecified atom stereocenters. The molecule has 2 aromatic heterocycles. The van der Waals surface area contributed by atoms with Gasteiger partial charge in [-0.1, -0.05) is 24.3 Å². The second-order valence-corrected chi connectivity index (χ2v) is 5.42. The number of rotatable bonds is 4. The van der Waals surface area contributed by atoms with Crippen LogP contribution in [0.3, 0.4) is 0 Å². The maximum atomic E-state index is 12.1. The van der Waals surface area contributed by atoms with Crippen molar-refractivity contribution in [3.8, 4) is 0 Å². The van der Waals surface area contributed by atoms with E-state index >= 15 is 0 Å². The van der Waals surface area contributed by atoms with Crippen molar-refractivity contribution in [2.75, 3.05) is 0 Å². The highest BCUT2D eigenvalue weighted by atomic mass is 16.1. The van der Waals surface area contributed by atoms with Crippen LogP contribution in [-0.2, 0) is 17.8 Å². The van der Waals surface area contributed by atoms with Crippen LogP contribution >= 0.6 is 0 Å². The molecule has 0 fully saturated rings. The number of carbonyl (C=O) groups excluding carboxylic acids is 1. The van der Waals surface area contributed by atoms with Gasteiger partial charge in [0.1, 0.15) is 0 Å². The van der Waals surface area contributed by atoms with Crippen LogP contribution in [0.15, 0.2) is 42.6 Å². The summed E-state index contributed by atoms with van der Waals surface area (Å²) in [6, 6.07) is 11.8. The van der Waals surface area contributed by atoms with Gasteiger partial charge in [0.05, 0.1) is 13.0 Å². The minimum absolute atomic E-state index is 0.0177. The second kappa shape index (κ2) is 5.97. The Morgan fingerprint density at radius 2 is 2.00 bits per heavy atom. The molecule has 0 saturated carbocycles. The Kier molecular flexibility index (Phi) is 3.87. The van der Waals surface area contributed by atoms with Gasteiger partial charge in [0.25, 0.3) is 0 Å². The lowest BCUT2D eigenvalue weighted by molar-refractivity contribution is -0.120. The Bertz CT molecular complexity index is 822. The van der Waals surface area contributed by atoms with Crippen molar-refractivity contribution in [2.45, 2.75) is 26.8 Å². The van der Waals surface area contributed by atoms with E-state index in [1.54, 1.807) is 0 Å². The zero-order valence-electron chi connectivity index (χ0n) is 12.7. The van der Waals surface area contributed by atoms with Gasteiger partial charge in [-0.2, -0.15) is 0 Å². The van der Waals surface area contributed by atoms with Crippen molar-refractivity contribution in [3.05, 3.63) is 65.1 Å². The topological polar surface area (TPSA) is 59.3 Å². The monoisotopic (exact) mass is 294 g/mol. The predicted octanol–water partition coefficient (Wildman–Crippen LogP) is 2.21. The number of nitrogens with zero attached hydrogens (tertiary/aromatic N) is 3. The first kappa shape index (κ1) is 14.3. The molecular formula is C17H18N4O. The second-order valence-electron chi connectivity index (χ2n) is 5.42. The van der Waals surface area contributed by atoms with Crippen LogP contribution in [-0.4, -0.2) is 20.5 Å². The summed E-state index contributed by atoms with van der Waals surface area (Å²) in [6.07, 6.45) is 2.26. The van der Waals surface area contributed by atoms with Crippen LogP contribution < -0.4 is 5.32 Å². The summed E-state index contributed by atoms with van der Waals surface area (Å²) in [5.74, 6) is 0.708. The van der Waals surface area contributed by atoms with Crippen LogP contribution in [0.2, 0.25) is 0 Å². The van der Waals surface area contributed by atoms with Gasteiger partial charge in [0, 0.05) is 6.20 Å². The first-order valence-electron chi connectivity index (χ1n) is 7.25. The Morgan fingerprint density at radius 1 is 1.14 bits per heavy atom. The number of nitrogens with one attached hydrogen (secondary N) is 1. The van der Waals surface area contributed by atoms with E-state index in [-0.39, 0.29) is 5.91 Å². The molecule has 3 rings (SSSR count). The van der Waals surface area contributed by atoms with Crippen LogP contribution in [0.25, 0.3) is 5.65 Å². The Labute approximate surface area is 129 Å². The van der Waals surface area contributed by atoms with Gasteiger partial charge in [-0.3, -0.25) is 9.20 Å². The third kappa shape index (κ3) is 2.98. The van der Waals surface area contributed by atoms with Crippen molar-refractivity contribution >= 4 is 11.6 Å². The fraction of sp³-hybridized carbons (Fsp3) is 0.235. The summed E-state index contributed by atoms with van der Waals surface area (Å²) in [6.45, 7) is 4.49. The van der Waals surface area contributed by atoms with E-state index < -0.39 is 0 Å². The lowest BCUT2D eigenvalue weighted by Gasteiger charge is -2.06. The highest BCUT2D eigenvalue weighted by Gasteiger charge is 2.08. The molecule has 5 nitrogen and oxygen atoms in total. The Hall–Kier alpha value is -2.69. The van der Waals surface area contributed by atoms with E-state index in [2.05, 4.69) is 35.4 Å². The molecule has 1 aromatic carbocycles. The van der Waals surface area contributed by atoms with Crippen LogP contribution in [0, 0.1) is 13.8 Å². The van der Waals surface area contributed by atoms with Crippen molar-refractivity contribution in [1.29, 1.82) is 0 Å². The Morgan fingerprint density at radius 3 is 2.82 bits per heavy atom. The summed E-state index contributed by atoms with van der Waals surface area (Å²) in [5.41, 5.74) is 4.24. The first-order chi connectivity index (χ1) is 10.6. The SMILES string of the molecule is Cc1ccc(CC(=O)NCc2nnc3ccccn23)cc1C. The molecule has 5 heteroatoms. The zero-order chi connectivity index (χ0) is 15.5. The average Bonchev–Trinajstić information content (AvgIpc) is 2.92. The molecule has 3 aromatic rings. The molecular weight excluding hydrogens is 276 g/mol. The molecule has 0 atom stereocenters. The normalized spacial score (nSPS) is 10.8. The van der Waals surface area contributed by atoms with Crippen LogP contribution in [0.4, 0.5) is 0 Å². The minimum Gasteiger partial charge on any atom is -0.348 e. The lowest BCUT2D eigenvalue weighted by Crippen LogP contribution is -2.25. The number of pyridine rings is 1. The Balaban J connectivity index is 1.63. The van der Waals surface area contributed by atoms with Gasteiger partial charge >= 0.3 is 0 Å². The number of aryl methyl sites for hydroxylation is 2. The highest BCUT2D eigenvalue weighted by molar-refractivity contribution is 5.78. The van der Waals surface area contributed by atoms with Gasteiger partial charge < -0.3 is 5.32 Å². The van der Waals surface area contributed by atoms with Gasteiger partial charge in [0.2, 0.25) is 5.91 Å². The summed E-state index contributed by atoms with van der Waals surface area (Å²) >= 11 is 0. The maximum absolute atomic E-state index is 12.1. The summed E-state index contributed by atoms with van der Waals surface area (Å²) in [4.78, 5) is 12.1. The number of aromatic nitrogens is 3. The van der Waals surface area contributed by atoms with Gasteiger partial charge in [-0.25, -0.2) is 0 Å². The van der Waals surface area contributed by atoms with Crippen molar-refractivity contribution < 1.29 is 4.79 Å². The quantitative estimate of drug-likeness (QED) is 0.802. The maximum Gasteiger partial charge on any atom is 0.224 e. The van der Waals surface area contributed by atoms with Gasteiger partial charge in [-0.15, -0.1) is 10.2 Å². The molecule has 0 aliphatic heterocycles. The van der Waals surface area contributed by atoms with Gasteiger partial charge in [0.15, 0.2) is 11.5 Å². The minimum atomic E-state index is -0.0177. The van der Waals surface area contributed by atoms with E-state index in [0.29, 0.717) is 13.0 Å². The summed E-state index contributed by atoms with van der Waals surface area (Å²) in [5, 5.41) is 11.1. The highest BCUT2D eigenvalue weighted by Crippen LogP contribution is 2.10. The molecule has 0 saturated heterocycles. The fourth-order valence-corrected chi connectivity index (χ4v) is 2.35. The molecule has 0 aliphatic carbocycles. The molecule has 112 valence electrons. The molecule has 0 spiro atoms. The van der Waals surface area contributed by atoms with Gasteiger partial charge in [-0.05, 0) is 42.7 Å². The number of hydrogen-bond acceptors (Lipinski definition) is 3. The fourth-order valence-electron chi connectivity index (χ4n) is 2.35.